The van der Waals surface area contributed by atoms with Crippen LogP contribution in [0, 0.1) is 0 Å². The zero-order valence-electron chi connectivity index (χ0n) is 15.9. The average molecular weight is 178 g/mol. The number of rotatable bonds is 3. The van der Waals surface area contributed by atoms with Crippen molar-refractivity contribution in [3.8, 4) is 11.5 Å². The third kappa shape index (κ3) is 1.89. The van der Waals surface area contributed by atoms with Crippen LogP contribution in [0.5, 0.6) is 11.5 Å². The van der Waals surface area contributed by atoms with Gasteiger partial charge in [0.1, 0.15) is 0 Å². The van der Waals surface area contributed by atoms with E-state index in [0.29, 0.717) is 0 Å². The van der Waals surface area contributed by atoms with Crippen LogP contribution >= 0.6 is 0 Å². The Labute approximate surface area is 85.8 Å². The van der Waals surface area contributed by atoms with E-state index in [1.54, 1.807) is 0 Å². The van der Waals surface area contributed by atoms with E-state index in [2.05, 4.69) is 4.74 Å². The molecule has 0 aromatic heterocycles. The quantitative estimate of drug-likeness (QED) is 0.676. The lowest BCUT2D eigenvalue weighted by molar-refractivity contribution is 0.373. The summed E-state index contributed by atoms with van der Waals surface area (Å²) in [7, 11) is -3.10. The second-order valence-corrected chi connectivity index (χ2v) is 1.80. The highest BCUT2D eigenvalue weighted by Crippen LogP contribution is 2.26. The summed E-state index contributed by atoms with van der Waals surface area (Å²) in [6, 6.07) is -3.05. The Morgan fingerprint density at radius 3 is 3.33 bits per heavy atom. The predicted octanol–water partition coefficient (Wildman–Crippen LogP) is 0.902. The molecule has 0 saturated carbocycles. The molecule has 0 unspecified atom stereocenters. The number of methoxy groups -OCH3 is 1. The summed E-state index contributed by atoms with van der Waals surface area (Å²) >= 11 is 0. The fourth-order valence-corrected chi connectivity index (χ4v) is 0.591. The summed E-state index contributed by atoms with van der Waals surface area (Å²) in [4.78, 5) is 0. The minimum atomic E-state index is -3.10. The highest BCUT2D eigenvalue weighted by Gasteiger charge is 2.00. The Kier molecular flexibility index (Phi) is 0.790. The molecule has 1 rings (SSSR count). The Hall–Kier alpha value is -1.22. The van der Waals surface area contributed by atoms with Gasteiger partial charge >= 0.3 is 0 Å². The molecule has 0 saturated heterocycles. The van der Waals surface area contributed by atoms with Crippen molar-refractivity contribution in [2.24, 2.45) is 5.73 Å². The first-order valence-electron chi connectivity index (χ1n) is 7.92. The van der Waals surface area contributed by atoms with E-state index in [-0.39, 0.29) is 0 Å². The van der Waals surface area contributed by atoms with Crippen LogP contribution in [0.1, 0.15) is 19.3 Å². The molecular weight excluding hydrogens is 155 g/mol. The molecule has 3 N–H and O–H groups in total. The molecule has 3 heteroatoms. The minimum absolute atomic E-state index is 0.984. The molecule has 0 aliphatic heterocycles. The number of ether oxygens (including phenoxy) is 1. The van der Waals surface area contributed by atoms with Crippen LogP contribution in [-0.2, 0) is 6.37 Å². The minimum Gasteiger partial charge on any atom is -0.504 e. The molecule has 1 aromatic carbocycles. The van der Waals surface area contributed by atoms with Crippen LogP contribution in [0.3, 0.4) is 0 Å². The van der Waals surface area contributed by atoms with Crippen LogP contribution in [0.2, 0.25) is 0 Å². The van der Waals surface area contributed by atoms with E-state index >= 15 is 0 Å². The second kappa shape index (κ2) is 3.97. The van der Waals surface area contributed by atoms with E-state index in [0.717, 1.165) is 0 Å². The van der Waals surface area contributed by atoms with Crippen molar-refractivity contribution in [3.63, 3.8) is 0 Å². The van der Waals surface area contributed by atoms with Gasteiger partial charge in [-0.1, -0.05) is 6.04 Å². The Morgan fingerprint density at radius 2 is 2.67 bits per heavy atom. The third-order valence-electron chi connectivity index (χ3n) is 1.06. The first-order valence-corrected chi connectivity index (χ1v) is 2.92. The van der Waals surface area contributed by atoms with Crippen LogP contribution in [0.15, 0.2) is 18.1 Å². The molecule has 66 valence electrons. The molecule has 0 fully saturated rings. The molecular formula is C9H13NO2. The Bertz CT molecular complexity index is 592. The van der Waals surface area contributed by atoms with E-state index in [1.807, 2.05) is 0 Å². The van der Waals surface area contributed by atoms with Crippen molar-refractivity contribution in [3.05, 3.63) is 23.7 Å². The van der Waals surface area contributed by atoms with E-state index in [1.165, 1.54) is 0 Å². The SMILES string of the molecule is [2H]c1c([2H])c(C([2H])([2H])C([2H])([2H])N)c([2H])c(O[13C]([2H])([2H])[2H])c1O. The smallest absolute Gasteiger partial charge is 0.160 e. The number of phenols is 1. The Balaban J connectivity index is 3.75. The third-order valence-corrected chi connectivity index (χ3v) is 1.06. The molecule has 0 bridgehead atoms. The first-order chi connectivity index (χ1) is 9.61. The zero-order valence-corrected chi connectivity index (χ0v) is 5.93. The lowest BCUT2D eigenvalue weighted by Crippen LogP contribution is -2.02. The normalized spacial score (nSPS) is 25.4. The largest absolute Gasteiger partial charge is 0.504 e. The fourth-order valence-electron chi connectivity index (χ4n) is 0.591. The lowest BCUT2D eigenvalue weighted by atomic mass is 10.1. The molecule has 0 aliphatic carbocycles. The molecule has 0 spiro atoms. The maximum absolute atomic E-state index is 9.67. The molecule has 12 heavy (non-hydrogen) atoms. The number of nitrogens with two attached hydrogens (primary N) is 1. The number of hydrogen-bond donors (Lipinski definition) is 2. The molecule has 0 radical (unpaired) electrons. The molecule has 1 aromatic rings. The predicted molar refractivity (Wildman–Crippen MR) is 47.4 cm³/mol. The van der Waals surface area contributed by atoms with Gasteiger partial charge in [0.05, 0.1) is 15.3 Å². The summed E-state index contributed by atoms with van der Waals surface area (Å²) in [5.74, 6) is -2.16. The van der Waals surface area contributed by atoms with Gasteiger partial charge in [0, 0.05) is 5.48 Å². The molecule has 0 aliphatic rings. The summed E-state index contributed by atoms with van der Waals surface area (Å²) in [6.07, 6.45) is -3.10. The van der Waals surface area contributed by atoms with Gasteiger partial charge in [-0.3, -0.25) is 0 Å². The van der Waals surface area contributed by atoms with Crippen LogP contribution < -0.4 is 10.5 Å². The fraction of sp³-hybridized carbons (Fsp3) is 0.333. The van der Waals surface area contributed by atoms with Gasteiger partial charge in [-0.05, 0) is 30.5 Å². The molecule has 0 amide bonds. The van der Waals surface area contributed by atoms with Crippen molar-refractivity contribution in [1.82, 2.24) is 0 Å². The lowest BCUT2D eigenvalue weighted by Gasteiger charge is -2.05. The standard InChI is InChI=1S/C9H13NO2/c1-12-9-6-7(4-5-10)2-3-8(9)11/h2-3,6,11H,4-5,10H2,1H3/i1+1D3,2D,3D,4D2,5D2,6D. The van der Waals surface area contributed by atoms with Gasteiger partial charge in [0.25, 0.3) is 0 Å². The number of aromatic hydroxyl groups is 1. The summed E-state index contributed by atoms with van der Waals surface area (Å²) in [5.41, 5.74) is 4.08. The van der Waals surface area contributed by atoms with Crippen molar-refractivity contribution < 1.29 is 23.6 Å². The van der Waals surface area contributed by atoms with Crippen LogP contribution in [-0.4, -0.2) is 18.6 Å². The van der Waals surface area contributed by atoms with Gasteiger partial charge in [-0.2, -0.15) is 0 Å². The molecule has 3 nitrogen and oxygen atoms in total. The Morgan fingerprint density at radius 1 is 1.83 bits per heavy atom. The monoisotopic (exact) mass is 178 g/mol. The van der Waals surface area contributed by atoms with Crippen molar-refractivity contribution >= 4 is 0 Å². The summed E-state index contributed by atoms with van der Waals surface area (Å²) in [5, 5.41) is 9.67. The van der Waals surface area contributed by atoms with E-state index < -0.39 is 55.1 Å². The average Bonchev–Trinajstić information content (AvgIpc) is 2.29. The summed E-state index contributed by atoms with van der Waals surface area (Å²) in [6.45, 7) is -3.03. The number of hydrogen-bond acceptors (Lipinski definition) is 3. The number of benzene rings is 1. The zero-order chi connectivity index (χ0) is 17.7. The van der Waals surface area contributed by atoms with Gasteiger partial charge in [-0.15, -0.1) is 0 Å². The van der Waals surface area contributed by atoms with E-state index in [9.17, 15) is 5.11 Å². The second-order valence-electron chi connectivity index (χ2n) is 1.80. The maximum atomic E-state index is 9.67. The first kappa shape index (κ1) is 2.39. The van der Waals surface area contributed by atoms with Gasteiger partial charge in [-0.25, -0.2) is 0 Å². The van der Waals surface area contributed by atoms with Crippen LogP contribution in [0.25, 0.3) is 0 Å². The highest BCUT2D eigenvalue weighted by molar-refractivity contribution is 5.41. The van der Waals surface area contributed by atoms with Crippen molar-refractivity contribution in [2.45, 2.75) is 6.37 Å². The van der Waals surface area contributed by atoms with E-state index in [4.69, 9.17) is 19.4 Å². The topological polar surface area (TPSA) is 55.5 Å². The van der Waals surface area contributed by atoms with Gasteiger partial charge in [0.15, 0.2) is 11.5 Å². The van der Waals surface area contributed by atoms with Crippen LogP contribution in [0.4, 0.5) is 0 Å². The number of phenolic OH excluding ortho intramolecular Hbond substituents is 1. The molecule has 0 atom stereocenters. The van der Waals surface area contributed by atoms with Crippen molar-refractivity contribution in [1.29, 1.82) is 0 Å². The van der Waals surface area contributed by atoms with Crippen molar-refractivity contribution in [2.75, 3.05) is 13.5 Å². The molecule has 0 heterocycles. The van der Waals surface area contributed by atoms with Gasteiger partial charge < -0.3 is 15.6 Å². The van der Waals surface area contributed by atoms with Gasteiger partial charge in [0.2, 0.25) is 0 Å². The maximum Gasteiger partial charge on any atom is 0.160 e. The summed E-state index contributed by atoms with van der Waals surface area (Å²) < 4.78 is 77.9. The highest BCUT2D eigenvalue weighted by atomic mass is 16.5.